The first-order valence-corrected chi connectivity index (χ1v) is 5.84. The molecule has 0 saturated heterocycles. The molecule has 2 aliphatic carbocycles. The van der Waals surface area contributed by atoms with Gasteiger partial charge in [-0.15, -0.1) is 0 Å². The van der Waals surface area contributed by atoms with Gasteiger partial charge in [0.25, 0.3) is 0 Å². The molecule has 5 heteroatoms. The molecule has 1 aromatic rings. The van der Waals surface area contributed by atoms with Crippen molar-refractivity contribution in [3.63, 3.8) is 0 Å². The van der Waals surface area contributed by atoms with Crippen LogP contribution >= 0.6 is 0 Å². The second-order valence-electron chi connectivity index (χ2n) is 4.48. The molecular weight excluding hydrogens is 258 g/mol. The van der Waals surface area contributed by atoms with Crippen LogP contribution in [0.3, 0.4) is 0 Å². The van der Waals surface area contributed by atoms with E-state index >= 15 is 0 Å². The lowest BCUT2D eigenvalue weighted by atomic mass is 9.86. The van der Waals surface area contributed by atoms with E-state index < -0.39 is 17.5 Å². The van der Waals surface area contributed by atoms with Gasteiger partial charge in [0.2, 0.25) is 0 Å². The molecule has 0 aliphatic heterocycles. The molecule has 0 amide bonds. The minimum absolute atomic E-state index is 0.261. The highest BCUT2D eigenvalue weighted by Crippen LogP contribution is 2.41. The zero-order chi connectivity index (χ0) is 14.4. The van der Waals surface area contributed by atoms with Crippen molar-refractivity contribution in [1.29, 1.82) is 5.41 Å². The zero-order valence-corrected chi connectivity index (χ0v) is 10.2. The summed E-state index contributed by atoms with van der Waals surface area (Å²) in [5, 5.41) is 26.3. The lowest BCUT2D eigenvalue weighted by molar-refractivity contribution is -0.135. The summed E-state index contributed by atoms with van der Waals surface area (Å²) in [6.45, 7) is 0. The van der Waals surface area contributed by atoms with Crippen LogP contribution in [-0.4, -0.2) is 27.9 Å². The van der Waals surface area contributed by atoms with E-state index in [-0.39, 0.29) is 11.3 Å². The molecule has 20 heavy (non-hydrogen) atoms. The third-order valence-corrected chi connectivity index (χ3v) is 3.36. The van der Waals surface area contributed by atoms with Crippen LogP contribution in [0.4, 0.5) is 0 Å². The molecule has 0 aromatic heterocycles. The Labute approximate surface area is 113 Å². The van der Waals surface area contributed by atoms with Crippen molar-refractivity contribution in [3.05, 3.63) is 58.2 Å². The molecule has 3 N–H and O–H groups in total. The van der Waals surface area contributed by atoms with Crippen molar-refractivity contribution >= 4 is 29.3 Å². The molecule has 2 aliphatic rings. The third kappa shape index (κ3) is 1.53. The van der Waals surface area contributed by atoms with Gasteiger partial charge < -0.3 is 10.2 Å². The van der Waals surface area contributed by atoms with E-state index in [1.54, 1.807) is 6.08 Å². The van der Waals surface area contributed by atoms with E-state index in [4.69, 9.17) is 15.6 Å². The predicted octanol–water partition coefficient (Wildman–Crippen LogP) is 1.97. The summed E-state index contributed by atoms with van der Waals surface area (Å²) < 4.78 is 0. The van der Waals surface area contributed by atoms with Gasteiger partial charge in [0.15, 0.2) is 0 Å². The van der Waals surface area contributed by atoms with Crippen molar-refractivity contribution < 1.29 is 19.8 Å². The minimum atomic E-state index is -1.40. The van der Waals surface area contributed by atoms with Gasteiger partial charge in [-0.3, -0.25) is 5.41 Å². The summed E-state index contributed by atoms with van der Waals surface area (Å²) in [5.41, 5.74) is 1.63. The monoisotopic (exact) mass is 267 g/mol. The SMILES string of the molecule is N=C1C2=Cc3ccccc3C2=CC(C(=O)O)=C1C(=O)O. The number of carboxylic acid groups (broad SMARTS) is 2. The molecule has 0 spiro atoms. The average molecular weight is 267 g/mol. The molecule has 98 valence electrons. The summed E-state index contributed by atoms with van der Waals surface area (Å²) in [6.07, 6.45) is 3.05. The Hall–Kier alpha value is -2.95. The largest absolute Gasteiger partial charge is 0.478 e. The third-order valence-electron chi connectivity index (χ3n) is 3.36. The zero-order valence-electron chi connectivity index (χ0n) is 10.2. The summed E-state index contributed by atoms with van der Waals surface area (Å²) >= 11 is 0. The number of allylic oxidation sites excluding steroid dienone is 2. The van der Waals surface area contributed by atoms with Gasteiger partial charge >= 0.3 is 11.9 Å². The smallest absolute Gasteiger partial charge is 0.338 e. The highest BCUT2D eigenvalue weighted by molar-refractivity contribution is 6.37. The molecule has 0 radical (unpaired) electrons. The van der Waals surface area contributed by atoms with Gasteiger partial charge in [-0.25, -0.2) is 9.59 Å². The number of benzene rings is 1. The Morgan fingerprint density at radius 2 is 1.65 bits per heavy atom. The quantitative estimate of drug-likeness (QED) is 0.762. The number of rotatable bonds is 2. The molecule has 5 nitrogen and oxygen atoms in total. The Balaban J connectivity index is 2.29. The number of carbonyl (C=O) groups is 2. The molecule has 0 saturated carbocycles. The number of hydrogen-bond donors (Lipinski definition) is 3. The normalized spacial score (nSPS) is 16.3. The molecular formula is C15H9NO4. The van der Waals surface area contributed by atoms with Crippen LogP contribution in [0.25, 0.3) is 11.6 Å². The van der Waals surface area contributed by atoms with E-state index in [2.05, 4.69) is 0 Å². The lowest BCUT2D eigenvalue weighted by Gasteiger charge is -2.17. The number of hydrogen-bond acceptors (Lipinski definition) is 3. The van der Waals surface area contributed by atoms with E-state index in [1.165, 1.54) is 6.08 Å². The van der Waals surface area contributed by atoms with E-state index in [0.29, 0.717) is 11.1 Å². The predicted molar refractivity (Wildman–Crippen MR) is 72.4 cm³/mol. The van der Waals surface area contributed by atoms with Crippen molar-refractivity contribution in [3.8, 4) is 0 Å². The second kappa shape index (κ2) is 4.03. The summed E-state index contributed by atoms with van der Waals surface area (Å²) in [5.74, 6) is -2.75. The van der Waals surface area contributed by atoms with Crippen LogP contribution in [-0.2, 0) is 9.59 Å². The fraction of sp³-hybridized carbons (Fsp3) is 0. The van der Waals surface area contributed by atoms with Gasteiger partial charge in [-0.1, -0.05) is 24.3 Å². The number of nitrogens with one attached hydrogen (secondary N) is 1. The number of fused-ring (bicyclic) bond motifs is 3. The van der Waals surface area contributed by atoms with Crippen LogP contribution in [0.1, 0.15) is 11.1 Å². The Kier molecular flexibility index (Phi) is 2.44. The average Bonchev–Trinajstić information content (AvgIpc) is 2.77. The van der Waals surface area contributed by atoms with Crippen molar-refractivity contribution in [2.45, 2.75) is 0 Å². The van der Waals surface area contributed by atoms with Gasteiger partial charge in [-0.05, 0) is 28.9 Å². The highest BCUT2D eigenvalue weighted by atomic mass is 16.4. The fourth-order valence-corrected chi connectivity index (χ4v) is 2.49. The molecule has 0 unspecified atom stereocenters. The lowest BCUT2D eigenvalue weighted by Crippen LogP contribution is -2.22. The topological polar surface area (TPSA) is 98.5 Å². The first-order chi connectivity index (χ1) is 9.50. The van der Waals surface area contributed by atoms with Gasteiger partial charge in [-0.2, -0.15) is 0 Å². The van der Waals surface area contributed by atoms with Crippen LogP contribution in [0.15, 0.2) is 47.1 Å². The van der Waals surface area contributed by atoms with Crippen LogP contribution in [0.2, 0.25) is 0 Å². The molecule has 3 rings (SSSR count). The van der Waals surface area contributed by atoms with E-state index in [1.807, 2.05) is 24.3 Å². The molecule has 0 bridgehead atoms. The molecule has 0 heterocycles. The first-order valence-electron chi connectivity index (χ1n) is 5.84. The van der Waals surface area contributed by atoms with Crippen molar-refractivity contribution in [2.75, 3.05) is 0 Å². The van der Waals surface area contributed by atoms with Crippen LogP contribution in [0.5, 0.6) is 0 Å². The maximum absolute atomic E-state index is 11.2. The maximum atomic E-state index is 11.2. The first kappa shape index (κ1) is 12.1. The Morgan fingerprint density at radius 1 is 0.950 bits per heavy atom. The second-order valence-corrected chi connectivity index (χ2v) is 4.48. The molecule has 0 atom stereocenters. The summed E-state index contributed by atoms with van der Waals surface area (Å²) in [7, 11) is 0. The van der Waals surface area contributed by atoms with E-state index in [9.17, 15) is 9.59 Å². The van der Waals surface area contributed by atoms with Gasteiger partial charge in [0.05, 0.1) is 16.9 Å². The number of carboxylic acids is 2. The van der Waals surface area contributed by atoms with Gasteiger partial charge in [0.1, 0.15) is 0 Å². The fourth-order valence-electron chi connectivity index (χ4n) is 2.49. The Morgan fingerprint density at radius 3 is 2.30 bits per heavy atom. The maximum Gasteiger partial charge on any atom is 0.338 e. The summed E-state index contributed by atoms with van der Waals surface area (Å²) in [6, 6.07) is 7.32. The number of aliphatic carboxylic acids is 2. The minimum Gasteiger partial charge on any atom is -0.478 e. The Bertz CT molecular complexity index is 781. The van der Waals surface area contributed by atoms with Crippen molar-refractivity contribution in [2.24, 2.45) is 0 Å². The molecule has 1 aromatic carbocycles. The summed E-state index contributed by atoms with van der Waals surface area (Å²) in [4.78, 5) is 22.5. The van der Waals surface area contributed by atoms with Crippen LogP contribution in [0, 0.1) is 5.41 Å². The van der Waals surface area contributed by atoms with E-state index in [0.717, 1.165) is 11.1 Å². The van der Waals surface area contributed by atoms with Crippen molar-refractivity contribution in [1.82, 2.24) is 0 Å². The van der Waals surface area contributed by atoms with Gasteiger partial charge in [0, 0.05) is 5.57 Å². The molecule has 0 fully saturated rings. The highest BCUT2D eigenvalue weighted by Gasteiger charge is 2.34. The van der Waals surface area contributed by atoms with Crippen LogP contribution < -0.4 is 0 Å². The standard InChI is InChI=1S/C15H9NO4/c16-13-10-5-7-3-1-2-4-8(7)9(10)6-11(14(17)18)12(13)15(19)20/h1-6,16H,(H,17,18)(H,19,20).